The van der Waals surface area contributed by atoms with E-state index in [4.69, 9.17) is 10.5 Å². The van der Waals surface area contributed by atoms with Gasteiger partial charge in [0.2, 0.25) is 15.9 Å². The van der Waals surface area contributed by atoms with E-state index in [1.807, 2.05) is 24.3 Å². The van der Waals surface area contributed by atoms with Gasteiger partial charge < -0.3 is 10.5 Å². The summed E-state index contributed by atoms with van der Waals surface area (Å²) >= 11 is 0. The van der Waals surface area contributed by atoms with Gasteiger partial charge in [0.25, 0.3) is 0 Å². The van der Waals surface area contributed by atoms with Crippen molar-refractivity contribution in [3.63, 3.8) is 0 Å². The maximum Gasteiger partial charge on any atom is 0.247 e. The molecule has 1 amide bonds. The lowest BCUT2D eigenvalue weighted by atomic mass is 10.1. The predicted molar refractivity (Wildman–Crippen MR) is 81.6 cm³/mol. The van der Waals surface area contributed by atoms with E-state index < -0.39 is 22.0 Å². The normalized spacial score (nSPS) is 20.1. The van der Waals surface area contributed by atoms with E-state index in [9.17, 15) is 13.2 Å². The average molecular weight is 320 g/mol. The first-order valence-corrected chi connectivity index (χ1v) is 8.32. The van der Waals surface area contributed by atoms with Crippen molar-refractivity contribution in [1.82, 2.24) is 4.31 Å². The van der Waals surface area contributed by atoms with E-state index in [1.165, 1.54) is 4.31 Å². The van der Waals surface area contributed by atoms with E-state index in [0.29, 0.717) is 0 Å². The maximum atomic E-state index is 12.7. The quantitative estimate of drug-likeness (QED) is 0.902. The molecule has 3 rings (SSSR count). The highest BCUT2D eigenvalue weighted by molar-refractivity contribution is 7.89. The second-order valence-corrected chi connectivity index (χ2v) is 7.07. The van der Waals surface area contributed by atoms with Crippen molar-refractivity contribution in [2.24, 2.45) is 5.73 Å². The minimum atomic E-state index is -3.67. The Bertz CT molecular complexity index is 819. The summed E-state index contributed by atoms with van der Waals surface area (Å²) in [5.74, 6) is -0.654. The number of amides is 1. The summed E-state index contributed by atoms with van der Waals surface area (Å²) in [6, 6.07) is 12.5. The van der Waals surface area contributed by atoms with Crippen molar-refractivity contribution >= 4 is 26.7 Å². The monoisotopic (exact) mass is 320 g/mol. The van der Waals surface area contributed by atoms with Crippen LogP contribution in [-0.4, -0.2) is 44.4 Å². The molecule has 1 saturated heterocycles. The average Bonchev–Trinajstić information content (AvgIpc) is 2.54. The Labute approximate surface area is 128 Å². The fraction of sp³-hybridized carbons (Fsp3) is 0.267. The molecule has 7 heteroatoms. The molecular formula is C15H16N2O4S. The number of fused-ring (bicyclic) bond motifs is 1. The fourth-order valence-corrected chi connectivity index (χ4v) is 3.95. The minimum Gasteiger partial charge on any atom is -0.367 e. The van der Waals surface area contributed by atoms with Crippen LogP contribution < -0.4 is 5.73 Å². The van der Waals surface area contributed by atoms with Crippen LogP contribution in [0.15, 0.2) is 47.4 Å². The summed E-state index contributed by atoms with van der Waals surface area (Å²) in [6.07, 6.45) is -0.899. The zero-order valence-electron chi connectivity index (χ0n) is 11.8. The standard InChI is InChI=1S/C15H16N2O4S/c16-15(18)14-10-17(7-8-21-14)22(19,20)13-6-5-11-3-1-2-4-12(11)9-13/h1-6,9,14H,7-8,10H2,(H2,16,18). The summed E-state index contributed by atoms with van der Waals surface area (Å²) < 4.78 is 31.9. The van der Waals surface area contributed by atoms with Crippen molar-refractivity contribution in [3.8, 4) is 0 Å². The lowest BCUT2D eigenvalue weighted by Gasteiger charge is -2.30. The molecule has 0 radical (unpaired) electrons. The second kappa shape index (κ2) is 5.68. The van der Waals surface area contributed by atoms with Crippen LogP contribution in [-0.2, 0) is 19.6 Å². The Kier molecular flexibility index (Phi) is 3.86. The molecule has 6 nitrogen and oxygen atoms in total. The number of primary amides is 1. The predicted octanol–water partition coefficient (Wildman–Crippen LogP) is 0.715. The van der Waals surface area contributed by atoms with E-state index in [-0.39, 0.29) is 24.6 Å². The van der Waals surface area contributed by atoms with Gasteiger partial charge in [0.1, 0.15) is 6.10 Å². The molecule has 0 aromatic heterocycles. The number of nitrogens with two attached hydrogens (primary N) is 1. The number of morpholine rings is 1. The summed E-state index contributed by atoms with van der Waals surface area (Å²) in [7, 11) is -3.67. The van der Waals surface area contributed by atoms with Crippen LogP contribution in [0.5, 0.6) is 0 Å². The summed E-state index contributed by atoms with van der Waals surface area (Å²) in [6.45, 7) is 0.309. The highest BCUT2D eigenvalue weighted by Gasteiger charge is 2.33. The molecule has 2 aromatic rings. The van der Waals surface area contributed by atoms with Crippen molar-refractivity contribution in [1.29, 1.82) is 0 Å². The number of benzene rings is 2. The number of carbonyl (C=O) groups is 1. The molecule has 1 fully saturated rings. The number of hydrogen-bond donors (Lipinski definition) is 1. The molecule has 0 saturated carbocycles. The van der Waals surface area contributed by atoms with Gasteiger partial charge in [0.15, 0.2) is 0 Å². The minimum absolute atomic E-state index is 0.0511. The first kappa shape index (κ1) is 15.0. The number of carbonyl (C=O) groups excluding carboxylic acids is 1. The van der Waals surface area contributed by atoms with Crippen molar-refractivity contribution < 1.29 is 17.9 Å². The van der Waals surface area contributed by atoms with Gasteiger partial charge in [0, 0.05) is 13.1 Å². The molecule has 2 aromatic carbocycles. The zero-order chi connectivity index (χ0) is 15.7. The Morgan fingerprint density at radius 3 is 2.64 bits per heavy atom. The number of ether oxygens (including phenoxy) is 1. The number of rotatable bonds is 3. The Morgan fingerprint density at radius 1 is 1.18 bits per heavy atom. The largest absolute Gasteiger partial charge is 0.367 e. The SMILES string of the molecule is NC(=O)C1CN(S(=O)(=O)c2ccc3ccccc3c2)CCO1. The van der Waals surface area contributed by atoms with Gasteiger partial charge in [-0.25, -0.2) is 8.42 Å². The third-order valence-electron chi connectivity index (χ3n) is 3.71. The van der Waals surface area contributed by atoms with Crippen LogP contribution in [0, 0.1) is 0 Å². The molecule has 1 aliphatic rings. The summed E-state index contributed by atoms with van der Waals surface area (Å²) in [5.41, 5.74) is 5.20. The fourth-order valence-electron chi connectivity index (χ4n) is 2.49. The second-order valence-electron chi connectivity index (χ2n) is 5.13. The van der Waals surface area contributed by atoms with Crippen molar-refractivity contribution in [2.75, 3.05) is 19.7 Å². The molecular weight excluding hydrogens is 304 g/mol. The van der Waals surface area contributed by atoms with Crippen LogP contribution in [0.3, 0.4) is 0 Å². The first-order chi connectivity index (χ1) is 10.5. The van der Waals surface area contributed by atoms with Crippen molar-refractivity contribution in [2.45, 2.75) is 11.0 Å². The zero-order valence-corrected chi connectivity index (χ0v) is 12.6. The third-order valence-corrected chi connectivity index (χ3v) is 5.57. The van der Waals surface area contributed by atoms with E-state index in [0.717, 1.165) is 10.8 Å². The molecule has 0 aliphatic carbocycles. The van der Waals surface area contributed by atoms with Gasteiger partial charge in [-0.3, -0.25) is 4.79 Å². The highest BCUT2D eigenvalue weighted by Crippen LogP contribution is 2.23. The number of hydrogen-bond acceptors (Lipinski definition) is 4. The Balaban J connectivity index is 1.95. The van der Waals surface area contributed by atoms with Crippen LogP contribution >= 0.6 is 0 Å². The smallest absolute Gasteiger partial charge is 0.247 e. The van der Waals surface area contributed by atoms with Crippen LogP contribution in [0.1, 0.15) is 0 Å². The van der Waals surface area contributed by atoms with Gasteiger partial charge in [-0.2, -0.15) is 4.31 Å². The third kappa shape index (κ3) is 2.70. The van der Waals surface area contributed by atoms with Gasteiger partial charge in [-0.1, -0.05) is 30.3 Å². The van der Waals surface area contributed by atoms with Gasteiger partial charge in [0.05, 0.1) is 11.5 Å². The lowest BCUT2D eigenvalue weighted by molar-refractivity contribution is -0.132. The van der Waals surface area contributed by atoms with Crippen LogP contribution in [0.4, 0.5) is 0 Å². The maximum absolute atomic E-state index is 12.7. The molecule has 1 atom stereocenters. The van der Waals surface area contributed by atoms with Crippen LogP contribution in [0.25, 0.3) is 10.8 Å². The molecule has 1 aliphatic heterocycles. The van der Waals surface area contributed by atoms with Gasteiger partial charge in [-0.05, 0) is 22.9 Å². The number of nitrogens with zero attached hydrogens (tertiary/aromatic N) is 1. The topological polar surface area (TPSA) is 89.7 Å². The molecule has 1 unspecified atom stereocenters. The molecule has 1 heterocycles. The Morgan fingerprint density at radius 2 is 1.91 bits per heavy atom. The Hall–Kier alpha value is -1.96. The summed E-state index contributed by atoms with van der Waals surface area (Å²) in [4.78, 5) is 11.4. The van der Waals surface area contributed by atoms with Crippen molar-refractivity contribution in [3.05, 3.63) is 42.5 Å². The van der Waals surface area contributed by atoms with Crippen LogP contribution in [0.2, 0.25) is 0 Å². The molecule has 22 heavy (non-hydrogen) atoms. The first-order valence-electron chi connectivity index (χ1n) is 6.88. The molecule has 0 bridgehead atoms. The molecule has 2 N–H and O–H groups in total. The summed E-state index contributed by atoms with van der Waals surface area (Å²) in [5, 5.41) is 1.82. The van der Waals surface area contributed by atoms with Gasteiger partial charge >= 0.3 is 0 Å². The lowest BCUT2D eigenvalue weighted by Crippen LogP contribution is -2.50. The highest BCUT2D eigenvalue weighted by atomic mass is 32.2. The van der Waals surface area contributed by atoms with E-state index in [2.05, 4.69) is 0 Å². The molecule has 0 spiro atoms. The molecule has 116 valence electrons. The van der Waals surface area contributed by atoms with Gasteiger partial charge in [-0.15, -0.1) is 0 Å². The van der Waals surface area contributed by atoms with E-state index in [1.54, 1.807) is 18.2 Å². The van der Waals surface area contributed by atoms with E-state index >= 15 is 0 Å². The number of sulfonamides is 1.